The van der Waals surface area contributed by atoms with Crippen LogP contribution >= 0.6 is 11.6 Å². The van der Waals surface area contributed by atoms with Gasteiger partial charge in [-0.15, -0.1) is 11.6 Å². The first-order valence-corrected chi connectivity index (χ1v) is 9.17. The molecule has 0 aromatic heterocycles. The standard InChI is InChI=1S/C19H23ClN4O2/c1-23(15-5-3-2-4-14-20)18-10-6-16(7-11-18)21-22-17-8-12-19(13-9-17)24(25)26/h6-13H,2-5,14-15H2,1H3. The molecule has 0 N–H and O–H groups in total. The number of unbranched alkanes of at least 4 members (excludes halogenated alkanes) is 3. The van der Waals surface area contributed by atoms with Crippen LogP contribution < -0.4 is 4.90 Å². The van der Waals surface area contributed by atoms with E-state index in [0.717, 1.165) is 36.6 Å². The van der Waals surface area contributed by atoms with E-state index in [0.29, 0.717) is 5.69 Å². The van der Waals surface area contributed by atoms with Crippen LogP contribution in [0, 0.1) is 10.1 Å². The molecular weight excluding hydrogens is 352 g/mol. The molecule has 0 aliphatic rings. The molecule has 2 aromatic carbocycles. The van der Waals surface area contributed by atoms with Gasteiger partial charge in [0.15, 0.2) is 0 Å². The Morgan fingerprint density at radius 2 is 1.46 bits per heavy atom. The first-order chi connectivity index (χ1) is 12.6. The monoisotopic (exact) mass is 374 g/mol. The molecule has 0 radical (unpaired) electrons. The summed E-state index contributed by atoms with van der Waals surface area (Å²) in [6.07, 6.45) is 4.60. The molecule has 138 valence electrons. The zero-order valence-electron chi connectivity index (χ0n) is 14.8. The van der Waals surface area contributed by atoms with Crippen molar-refractivity contribution >= 4 is 34.4 Å². The van der Waals surface area contributed by atoms with Crippen molar-refractivity contribution in [3.8, 4) is 0 Å². The Hall–Kier alpha value is -2.47. The molecule has 2 rings (SSSR count). The van der Waals surface area contributed by atoms with E-state index < -0.39 is 4.92 Å². The van der Waals surface area contributed by atoms with Gasteiger partial charge in [0, 0.05) is 37.3 Å². The Kier molecular flexibility index (Phi) is 8.02. The van der Waals surface area contributed by atoms with Gasteiger partial charge in [-0.2, -0.15) is 10.2 Å². The van der Waals surface area contributed by atoms with Gasteiger partial charge < -0.3 is 4.90 Å². The minimum Gasteiger partial charge on any atom is -0.375 e. The van der Waals surface area contributed by atoms with Gasteiger partial charge in [0.25, 0.3) is 5.69 Å². The quantitative estimate of drug-likeness (QED) is 0.162. The molecule has 0 saturated carbocycles. The molecule has 26 heavy (non-hydrogen) atoms. The van der Waals surface area contributed by atoms with Gasteiger partial charge in [-0.05, 0) is 49.2 Å². The van der Waals surface area contributed by atoms with Crippen LogP contribution in [0.1, 0.15) is 25.7 Å². The molecular formula is C19H23ClN4O2. The van der Waals surface area contributed by atoms with Gasteiger partial charge >= 0.3 is 0 Å². The summed E-state index contributed by atoms with van der Waals surface area (Å²) in [5.41, 5.74) is 2.49. The SMILES string of the molecule is CN(CCCCCCCl)c1ccc(N=Nc2ccc([N+](=O)[O-])cc2)cc1. The van der Waals surface area contributed by atoms with Crippen LogP contribution in [-0.2, 0) is 0 Å². The highest BCUT2D eigenvalue weighted by Gasteiger charge is 2.03. The molecule has 0 aliphatic heterocycles. The highest BCUT2D eigenvalue weighted by atomic mass is 35.5. The van der Waals surface area contributed by atoms with Gasteiger partial charge in [-0.3, -0.25) is 10.1 Å². The first-order valence-electron chi connectivity index (χ1n) is 8.63. The fourth-order valence-electron chi connectivity index (χ4n) is 2.46. The van der Waals surface area contributed by atoms with E-state index in [9.17, 15) is 10.1 Å². The number of alkyl halides is 1. The molecule has 0 aliphatic carbocycles. The molecule has 0 bridgehead atoms. The third kappa shape index (κ3) is 6.44. The van der Waals surface area contributed by atoms with Crippen LogP contribution in [-0.4, -0.2) is 24.4 Å². The Labute approximate surface area is 158 Å². The van der Waals surface area contributed by atoms with Crippen molar-refractivity contribution < 1.29 is 4.92 Å². The number of rotatable bonds is 10. The molecule has 6 nitrogen and oxygen atoms in total. The van der Waals surface area contributed by atoms with Gasteiger partial charge in [-0.1, -0.05) is 12.8 Å². The van der Waals surface area contributed by atoms with Gasteiger partial charge in [0.05, 0.1) is 16.3 Å². The number of benzene rings is 2. The van der Waals surface area contributed by atoms with E-state index in [1.165, 1.54) is 25.0 Å². The average molecular weight is 375 g/mol. The number of hydrogen-bond donors (Lipinski definition) is 0. The average Bonchev–Trinajstić information content (AvgIpc) is 2.66. The number of non-ortho nitro benzene ring substituents is 1. The highest BCUT2D eigenvalue weighted by Crippen LogP contribution is 2.23. The summed E-state index contributed by atoms with van der Waals surface area (Å²) >= 11 is 5.68. The molecule has 0 saturated heterocycles. The maximum atomic E-state index is 10.6. The van der Waals surface area contributed by atoms with Crippen molar-refractivity contribution in [2.24, 2.45) is 10.2 Å². The van der Waals surface area contributed by atoms with Crippen LogP contribution in [0.3, 0.4) is 0 Å². The van der Waals surface area contributed by atoms with Gasteiger partial charge in [0.2, 0.25) is 0 Å². The Morgan fingerprint density at radius 3 is 2.00 bits per heavy atom. The predicted octanol–water partition coefficient (Wildman–Crippen LogP) is 6.25. The van der Waals surface area contributed by atoms with Crippen LogP contribution in [0.5, 0.6) is 0 Å². The Morgan fingerprint density at radius 1 is 0.923 bits per heavy atom. The third-order valence-electron chi connectivity index (χ3n) is 4.01. The lowest BCUT2D eigenvalue weighted by molar-refractivity contribution is -0.384. The second-order valence-electron chi connectivity index (χ2n) is 6.01. The number of nitrogens with zero attached hydrogens (tertiary/aromatic N) is 4. The topological polar surface area (TPSA) is 71.1 Å². The normalized spacial score (nSPS) is 11.0. The largest absolute Gasteiger partial charge is 0.375 e. The molecule has 7 heteroatoms. The zero-order chi connectivity index (χ0) is 18.8. The van der Waals surface area contributed by atoms with Crippen LogP contribution in [0.15, 0.2) is 58.8 Å². The summed E-state index contributed by atoms with van der Waals surface area (Å²) in [5, 5.41) is 18.9. The van der Waals surface area contributed by atoms with Gasteiger partial charge in [0.1, 0.15) is 0 Å². The summed E-state index contributed by atoms with van der Waals surface area (Å²) < 4.78 is 0. The van der Waals surface area contributed by atoms with Crippen molar-refractivity contribution in [3.63, 3.8) is 0 Å². The lowest BCUT2D eigenvalue weighted by Gasteiger charge is -2.19. The fraction of sp³-hybridized carbons (Fsp3) is 0.368. The lowest BCUT2D eigenvalue weighted by Crippen LogP contribution is -2.18. The van der Waals surface area contributed by atoms with Crippen LogP contribution in [0.25, 0.3) is 0 Å². The zero-order valence-corrected chi connectivity index (χ0v) is 15.6. The molecule has 0 amide bonds. The van der Waals surface area contributed by atoms with Crippen molar-refractivity contribution in [2.45, 2.75) is 25.7 Å². The highest BCUT2D eigenvalue weighted by molar-refractivity contribution is 6.17. The minimum absolute atomic E-state index is 0.0407. The number of halogens is 1. The number of nitro benzene ring substituents is 1. The molecule has 2 aromatic rings. The second-order valence-corrected chi connectivity index (χ2v) is 6.39. The van der Waals surface area contributed by atoms with Crippen molar-refractivity contribution in [2.75, 3.05) is 24.4 Å². The molecule has 0 fully saturated rings. The Balaban J connectivity index is 1.87. The Bertz CT molecular complexity index is 717. The van der Waals surface area contributed by atoms with Crippen molar-refractivity contribution in [1.29, 1.82) is 0 Å². The molecule has 0 atom stereocenters. The maximum absolute atomic E-state index is 10.6. The molecule has 0 spiro atoms. The number of anilines is 1. The first kappa shape index (κ1) is 19.8. The van der Waals surface area contributed by atoms with Gasteiger partial charge in [-0.25, -0.2) is 0 Å². The lowest BCUT2D eigenvalue weighted by atomic mass is 10.2. The molecule has 0 heterocycles. The molecule has 0 unspecified atom stereocenters. The minimum atomic E-state index is -0.436. The third-order valence-corrected chi connectivity index (χ3v) is 4.28. The summed E-state index contributed by atoms with van der Waals surface area (Å²) in [5.74, 6) is 0.742. The summed E-state index contributed by atoms with van der Waals surface area (Å²) in [4.78, 5) is 12.4. The smallest absolute Gasteiger partial charge is 0.269 e. The van der Waals surface area contributed by atoms with E-state index in [2.05, 4.69) is 22.2 Å². The fourth-order valence-corrected chi connectivity index (χ4v) is 2.65. The van der Waals surface area contributed by atoms with E-state index in [-0.39, 0.29) is 5.69 Å². The number of hydrogen-bond acceptors (Lipinski definition) is 5. The second kappa shape index (κ2) is 10.5. The van der Waals surface area contributed by atoms with E-state index in [4.69, 9.17) is 11.6 Å². The summed E-state index contributed by atoms with van der Waals surface area (Å²) in [7, 11) is 2.08. The van der Waals surface area contributed by atoms with E-state index in [1.54, 1.807) is 12.1 Å². The van der Waals surface area contributed by atoms with Crippen molar-refractivity contribution in [1.82, 2.24) is 0 Å². The van der Waals surface area contributed by atoms with E-state index in [1.807, 2.05) is 24.3 Å². The predicted molar refractivity (Wildman–Crippen MR) is 106 cm³/mol. The van der Waals surface area contributed by atoms with Crippen molar-refractivity contribution in [3.05, 3.63) is 58.6 Å². The summed E-state index contributed by atoms with van der Waals surface area (Å²) in [6, 6.07) is 13.8. The number of nitro groups is 1. The van der Waals surface area contributed by atoms with Crippen LogP contribution in [0.2, 0.25) is 0 Å². The van der Waals surface area contributed by atoms with Crippen LogP contribution in [0.4, 0.5) is 22.7 Å². The van der Waals surface area contributed by atoms with E-state index >= 15 is 0 Å². The number of azo groups is 1. The maximum Gasteiger partial charge on any atom is 0.269 e. The summed E-state index contributed by atoms with van der Waals surface area (Å²) in [6.45, 7) is 1.01.